The van der Waals surface area contributed by atoms with E-state index in [2.05, 4.69) is 5.32 Å². The van der Waals surface area contributed by atoms with Crippen LogP contribution in [0.25, 0.3) is 16.7 Å². The van der Waals surface area contributed by atoms with Crippen LogP contribution in [0.15, 0.2) is 60.7 Å². The predicted octanol–water partition coefficient (Wildman–Crippen LogP) is 7.19. The van der Waals surface area contributed by atoms with Crippen LogP contribution in [0.3, 0.4) is 0 Å². The fourth-order valence-electron chi connectivity index (χ4n) is 5.52. The zero-order valence-electron chi connectivity index (χ0n) is 22.7. The van der Waals surface area contributed by atoms with Crippen LogP contribution in [0.4, 0.5) is 14.5 Å². The number of hydrogen-bond acceptors (Lipinski definition) is 4. The van der Waals surface area contributed by atoms with Gasteiger partial charge in [0, 0.05) is 23.7 Å². The number of hydrogen-bond donors (Lipinski definition) is 1. The Morgan fingerprint density at radius 3 is 2.63 bits per heavy atom. The van der Waals surface area contributed by atoms with Gasteiger partial charge in [0.25, 0.3) is 0 Å². The number of carbonyl (C=O) groups excluding carboxylic acids is 3. The second-order valence-electron chi connectivity index (χ2n) is 10.4. The van der Waals surface area contributed by atoms with Gasteiger partial charge < -0.3 is 15.0 Å². The Kier molecular flexibility index (Phi) is 8.22. The van der Waals surface area contributed by atoms with E-state index < -0.39 is 17.6 Å². The minimum absolute atomic E-state index is 0.141. The third kappa shape index (κ3) is 5.75. The van der Waals surface area contributed by atoms with Crippen LogP contribution in [-0.2, 0) is 14.3 Å². The number of methoxy groups -OCH3 is 1. The maximum Gasteiger partial charge on any atom is 0.337 e. The topological polar surface area (TPSA) is 75.7 Å². The van der Waals surface area contributed by atoms with Crippen LogP contribution >= 0.6 is 11.6 Å². The molecule has 2 bridgehead atoms. The summed E-state index contributed by atoms with van der Waals surface area (Å²) in [4.78, 5) is 40.5. The largest absolute Gasteiger partial charge is 0.465 e. The van der Waals surface area contributed by atoms with Crippen LogP contribution in [0, 0.1) is 17.6 Å². The molecule has 0 saturated carbocycles. The summed E-state index contributed by atoms with van der Waals surface area (Å²) in [7, 11) is 1.31. The fraction of sp³-hybridized carbons (Fsp3) is 0.281. The molecule has 2 aliphatic rings. The van der Waals surface area contributed by atoms with E-state index in [0.717, 1.165) is 23.3 Å². The van der Waals surface area contributed by atoms with Crippen molar-refractivity contribution in [3.05, 3.63) is 94.0 Å². The first-order valence-electron chi connectivity index (χ1n) is 13.4. The predicted molar refractivity (Wildman–Crippen MR) is 153 cm³/mol. The summed E-state index contributed by atoms with van der Waals surface area (Å²) in [6, 6.07) is 14.5. The van der Waals surface area contributed by atoms with Gasteiger partial charge >= 0.3 is 5.97 Å². The molecule has 0 saturated heterocycles. The van der Waals surface area contributed by atoms with Gasteiger partial charge in [0.1, 0.15) is 5.82 Å². The van der Waals surface area contributed by atoms with Crippen molar-refractivity contribution in [3.8, 4) is 11.1 Å². The van der Waals surface area contributed by atoms with Crippen molar-refractivity contribution in [3.63, 3.8) is 0 Å². The summed E-state index contributed by atoms with van der Waals surface area (Å²) < 4.78 is 34.2. The number of halogens is 3. The van der Waals surface area contributed by atoms with Crippen LogP contribution in [0.5, 0.6) is 0 Å². The second-order valence-corrected chi connectivity index (χ2v) is 10.8. The summed E-state index contributed by atoms with van der Waals surface area (Å²) in [5.74, 6) is -2.84. The highest BCUT2D eigenvalue weighted by atomic mass is 35.5. The molecule has 0 fully saturated rings. The molecule has 2 heterocycles. The average molecular weight is 579 g/mol. The van der Waals surface area contributed by atoms with Gasteiger partial charge in [0.2, 0.25) is 11.8 Å². The van der Waals surface area contributed by atoms with Crippen molar-refractivity contribution in [2.75, 3.05) is 19.0 Å². The van der Waals surface area contributed by atoms with Gasteiger partial charge in [0.05, 0.1) is 35.7 Å². The first-order chi connectivity index (χ1) is 19.7. The van der Waals surface area contributed by atoms with E-state index in [9.17, 15) is 23.2 Å². The molecule has 0 aromatic heterocycles. The Hall–Kier alpha value is -4.04. The summed E-state index contributed by atoms with van der Waals surface area (Å²) >= 11 is 5.89. The van der Waals surface area contributed by atoms with E-state index in [4.69, 9.17) is 16.3 Å². The van der Waals surface area contributed by atoms with Crippen molar-refractivity contribution in [1.82, 2.24) is 4.90 Å². The molecule has 2 amide bonds. The molecule has 6 nitrogen and oxygen atoms in total. The summed E-state index contributed by atoms with van der Waals surface area (Å²) in [5, 5.41) is 2.80. The van der Waals surface area contributed by atoms with Crippen LogP contribution in [-0.4, -0.2) is 36.3 Å². The molecule has 3 aromatic carbocycles. The number of nitrogens with zero attached hydrogens (tertiary/aromatic N) is 1. The Bertz CT molecular complexity index is 1570. The van der Waals surface area contributed by atoms with E-state index in [-0.39, 0.29) is 52.9 Å². The van der Waals surface area contributed by atoms with E-state index >= 15 is 0 Å². The zero-order valence-corrected chi connectivity index (χ0v) is 23.4. The van der Waals surface area contributed by atoms with E-state index in [1.165, 1.54) is 7.11 Å². The smallest absolute Gasteiger partial charge is 0.337 e. The van der Waals surface area contributed by atoms with Crippen molar-refractivity contribution >= 4 is 40.6 Å². The molecule has 0 unspecified atom stereocenters. The van der Waals surface area contributed by atoms with Crippen LogP contribution in [0.1, 0.15) is 60.1 Å². The monoisotopic (exact) mass is 578 g/mol. The average Bonchev–Trinajstić information content (AvgIpc) is 2.97. The number of rotatable bonds is 3. The number of amides is 2. The molecule has 0 spiro atoms. The Morgan fingerprint density at radius 2 is 1.88 bits per heavy atom. The van der Waals surface area contributed by atoms with Crippen LogP contribution in [0.2, 0.25) is 5.02 Å². The maximum absolute atomic E-state index is 14.7. The van der Waals surface area contributed by atoms with Crippen molar-refractivity contribution < 1.29 is 27.9 Å². The molecular formula is C32H29ClF2N2O4. The normalized spacial score (nSPS) is 19.3. The lowest BCUT2D eigenvalue weighted by atomic mass is 9.90. The van der Waals surface area contributed by atoms with Gasteiger partial charge in [-0.25, -0.2) is 13.6 Å². The van der Waals surface area contributed by atoms with Gasteiger partial charge in [-0.05, 0) is 65.9 Å². The highest BCUT2D eigenvalue weighted by Crippen LogP contribution is 2.38. The second kappa shape index (κ2) is 11.8. The minimum Gasteiger partial charge on any atom is -0.465 e. The lowest BCUT2D eigenvalue weighted by Gasteiger charge is -2.35. The highest BCUT2D eigenvalue weighted by Gasteiger charge is 2.31. The zero-order chi connectivity index (χ0) is 29.3. The molecule has 3 aromatic rings. The molecule has 212 valence electrons. The lowest BCUT2D eigenvalue weighted by Crippen LogP contribution is -2.38. The number of ether oxygens (including phenoxy) is 1. The molecule has 1 N–H and O–H groups in total. The molecule has 0 radical (unpaired) electrons. The third-order valence-electron chi connectivity index (χ3n) is 7.78. The fourth-order valence-corrected chi connectivity index (χ4v) is 5.67. The molecule has 2 atom stereocenters. The molecular weight excluding hydrogens is 550 g/mol. The van der Waals surface area contributed by atoms with Crippen molar-refractivity contribution in [2.24, 2.45) is 5.92 Å². The van der Waals surface area contributed by atoms with Gasteiger partial charge in [0.15, 0.2) is 5.82 Å². The Morgan fingerprint density at radius 1 is 1.07 bits per heavy atom. The molecule has 2 aliphatic heterocycles. The van der Waals surface area contributed by atoms with E-state index in [1.54, 1.807) is 29.2 Å². The van der Waals surface area contributed by atoms with E-state index in [1.807, 2.05) is 31.2 Å². The number of anilines is 1. The SMILES string of the molecule is COC(=O)c1ccc2c(c1)-c1cccc(c1)[C@@H](N1CC=C(c3c(F)ccc(Cl)c3F)CC1=O)CCC[C@@H](C)C(=O)N2. The van der Waals surface area contributed by atoms with Gasteiger partial charge in [-0.3, -0.25) is 9.59 Å². The minimum atomic E-state index is -0.880. The number of fused-ring (bicyclic) bond motifs is 4. The number of nitrogens with one attached hydrogen (secondary N) is 1. The first kappa shape index (κ1) is 28.5. The first-order valence-corrected chi connectivity index (χ1v) is 13.8. The third-order valence-corrected chi connectivity index (χ3v) is 8.07. The summed E-state index contributed by atoms with van der Waals surface area (Å²) in [6.07, 6.45) is 3.36. The molecule has 41 heavy (non-hydrogen) atoms. The van der Waals surface area contributed by atoms with Gasteiger partial charge in [-0.1, -0.05) is 49.2 Å². The van der Waals surface area contributed by atoms with Crippen molar-refractivity contribution in [1.29, 1.82) is 0 Å². The highest BCUT2D eigenvalue weighted by molar-refractivity contribution is 6.31. The van der Waals surface area contributed by atoms with E-state index in [0.29, 0.717) is 36.1 Å². The molecule has 5 rings (SSSR count). The number of carbonyl (C=O) groups is 3. The Balaban J connectivity index is 1.55. The van der Waals surface area contributed by atoms with Gasteiger partial charge in [-0.2, -0.15) is 0 Å². The van der Waals surface area contributed by atoms with Crippen molar-refractivity contribution in [2.45, 2.75) is 38.6 Å². The maximum atomic E-state index is 14.7. The number of esters is 1. The number of benzene rings is 3. The molecule has 9 heteroatoms. The Labute approximate surface area is 241 Å². The quantitative estimate of drug-likeness (QED) is 0.264. The van der Waals surface area contributed by atoms with Gasteiger partial charge in [-0.15, -0.1) is 0 Å². The summed E-state index contributed by atoms with van der Waals surface area (Å²) in [5.41, 5.74) is 3.17. The standard InChI is InChI=1S/C32H29ClF2N2O4/c1-18-5-3-8-27(37-14-13-21(17-28(37)38)29-25(34)11-10-24(33)30(29)35)20-7-4-6-19(15-20)23-16-22(32(40)41-2)9-12-26(23)36-31(18)39/h4,6-7,9-13,15-16,18,27H,3,5,8,14,17H2,1-2H3,(H,36,39)/t18-,27+/m1/s1. The van der Waals surface area contributed by atoms with Crippen LogP contribution < -0.4 is 5.32 Å². The molecule has 0 aliphatic carbocycles. The summed E-state index contributed by atoms with van der Waals surface area (Å²) in [6.45, 7) is 2.01. The lowest BCUT2D eigenvalue weighted by molar-refractivity contribution is -0.132.